The number of fused-ring (bicyclic) bond motifs is 1. The molecule has 13 heteroatoms. The van der Waals surface area contributed by atoms with Gasteiger partial charge >= 0.3 is 7.82 Å². The molecule has 1 aliphatic rings. The van der Waals surface area contributed by atoms with Gasteiger partial charge < -0.3 is 29.7 Å². The molecule has 0 radical (unpaired) electrons. The van der Waals surface area contributed by atoms with Gasteiger partial charge in [-0.2, -0.15) is 0 Å². The number of hydrogen-bond acceptors (Lipinski definition) is 8. The summed E-state index contributed by atoms with van der Waals surface area (Å²) in [6.07, 6.45) is -2.97. The zero-order valence-electron chi connectivity index (χ0n) is 16.1. The van der Waals surface area contributed by atoms with Crippen molar-refractivity contribution >= 4 is 19.0 Å². The van der Waals surface area contributed by atoms with Gasteiger partial charge in [0.15, 0.2) is 17.4 Å². The zero-order chi connectivity index (χ0) is 22.2. The highest BCUT2D eigenvalue weighted by Crippen LogP contribution is 2.38. The summed E-state index contributed by atoms with van der Waals surface area (Å²) in [5.41, 5.74) is 0.800. The highest BCUT2D eigenvalue weighted by Gasteiger charge is 2.45. The van der Waals surface area contributed by atoms with E-state index in [0.717, 1.165) is 5.56 Å². The first-order valence-corrected chi connectivity index (χ1v) is 11.0. The average Bonchev–Trinajstić information content (AvgIpc) is 3.27. The molecule has 3 aromatic rings. The molecular formula is C18H21N4O8P. The summed E-state index contributed by atoms with van der Waals surface area (Å²) in [6.45, 7) is -0.637. The molecule has 1 fully saturated rings. The van der Waals surface area contributed by atoms with E-state index >= 15 is 0 Å². The lowest BCUT2D eigenvalue weighted by Gasteiger charge is -2.16. The Morgan fingerprint density at radius 3 is 2.61 bits per heavy atom. The van der Waals surface area contributed by atoms with E-state index in [-0.39, 0.29) is 11.2 Å². The molecule has 0 aliphatic carbocycles. The second kappa shape index (κ2) is 8.60. The van der Waals surface area contributed by atoms with Crippen molar-refractivity contribution in [1.29, 1.82) is 0 Å². The van der Waals surface area contributed by atoms with E-state index in [1.54, 1.807) is 0 Å². The molecule has 0 spiro atoms. The van der Waals surface area contributed by atoms with Crippen molar-refractivity contribution in [2.45, 2.75) is 37.4 Å². The molecular weight excluding hydrogens is 431 g/mol. The Hall–Kier alpha value is -2.44. The summed E-state index contributed by atoms with van der Waals surface area (Å²) in [5, 5.41) is 20.6. The van der Waals surface area contributed by atoms with Crippen LogP contribution in [0.3, 0.4) is 0 Å². The van der Waals surface area contributed by atoms with E-state index in [2.05, 4.69) is 19.5 Å². The number of rotatable bonds is 7. The van der Waals surface area contributed by atoms with Crippen LogP contribution in [0.1, 0.15) is 17.6 Å². The number of aryl methyl sites for hydroxylation is 2. The summed E-state index contributed by atoms with van der Waals surface area (Å²) in [6, 6.07) is 9.67. The van der Waals surface area contributed by atoms with Gasteiger partial charge in [-0.1, -0.05) is 30.3 Å². The number of aliphatic hydroxyl groups excluding tert-OH is 2. The van der Waals surface area contributed by atoms with E-state index in [9.17, 15) is 19.6 Å². The summed E-state index contributed by atoms with van der Waals surface area (Å²) >= 11 is 0. The first kappa shape index (κ1) is 21.8. The van der Waals surface area contributed by atoms with Gasteiger partial charge in [-0.3, -0.25) is 13.9 Å². The van der Waals surface area contributed by atoms with Crippen LogP contribution in [0.2, 0.25) is 0 Å². The molecule has 0 amide bonds. The maximum Gasteiger partial charge on any atom is 0.469 e. The van der Waals surface area contributed by atoms with Crippen LogP contribution in [0.25, 0.3) is 11.2 Å². The molecule has 166 valence electrons. The molecule has 4 atom stereocenters. The van der Waals surface area contributed by atoms with Crippen LogP contribution in [0, 0.1) is 0 Å². The Bertz CT molecular complexity index is 1160. The zero-order valence-corrected chi connectivity index (χ0v) is 17.0. The van der Waals surface area contributed by atoms with Crippen LogP contribution in [-0.2, 0) is 26.7 Å². The Kier molecular flexibility index (Phi) is 6.04. The number of nitrogens with one attached hydrogen (secondary N) is 1. The highest BCUT2D eigenvalue weighted by molar-refractivity contribution is 7.46. The second-order valence-corrected chi connectivity index (χ2v) is 8.39. The molecule has 0 saturated carbocycles. The number of aromatic nitrogens is 4. The molecule has 31 heavy (non-hydrogen) atoms. The minimum absolute atomic E-state index is 0.0312. The second-order valence-electron chi connectivity index (χ2n) is 7.15. The Morgan fingerprint density at radius 2 is 1.90 bits per heavy atom. The van der Waals surface area contributed by atoms with Gasteiger partial charge in [0.2, 0.25) is 0 Å². The lowest BCUT2D eigenvalue weighted by molar-refractivity contribution is -0.0504. The monoisotopic (exact) mass is 452 g/mol. The van der Waals surface area contributed by atoms with Crippen LogP contribution < -0.4 is 5.56 Å². The number of imidazole rings is 1. The molecule has 5 N–H and O–H groups in total. The van der Waals surface area contributed by atoms with Gasteiger partial charge in [0.1, 0.15) is 24.1 Å². The molecule has 12 nitrogen and oxygen atoms in total. The smallest absolute Gasteiger partial charge is 0.387 e. The van der Waals surface area contributed by atoms with Gasteiger partial charge in [0.05, 0.1) is 12.9 Å². The van der Waals surface area contributed by atoms with Gasteiger partial charge in [-0.25, -0.2) is 14.5 Å². The molecule has 1 saturated heterocycles. The van der Waals surface area contributed by atoms with Crippen LogP contribution in [-0.4, -0.2) is 64.4 Å². The molecule has 1 aliphatic heterocycles. The lowest BCUT2D eigenvalue weighted by Crippen LogP contribution is -2.33. The molecule has 4 unspecified atom stereocenters. The van der Waals surface area contributed by atoms with Gasteiger partial charge in [0.25, 0.3) is 5.56 Å². The third kappa shape index (κ3) is 4.75. The van der Waals surface area contributed by atoms with Gasteiger partial charge in [-0.15, -0.1) is 0 Å². The van der Waals surface area contributed by atoms with E-state index in [4.69, 9.17) is 14.5 Å². The maximum absolute atomic E-state index is 12.4. The summed E-state index contributed by atoms with van der Waals surface area (Å²) < 4.78 is 22.1. The topological polar surface area (TPSA) is 180 Å². The predicted molar refractivity (Wildman–Crippen MR) is 106 cm³/mol. The minimum atomic E-state index is -4.78. The molecule has 2 aromatic heterocycles. The third-order valence-electron chi connectivity index (χ3n) is 4.99. The van der Waals surface area contributed by atoms with E-state index in [0.29, 0.717) is 18.7 Å². The standard InChI is InChI=1S/C18H21N4O8P/c23-14-11(8-29-31(26,27)28)30-18(15(14)24)22-9-19-13-16(22)20-12(21-17(13)25)7-6-10-4-2-1-3-5-10/h1-5,9,11,14-15,18,23-24H,6-8H2,(H,20,21,25)(H2,26,27,28). The van der Waals surface area contributed by atoms with Crippen molar-refractivity contribution in [3.63, 3.8) is 0 Å². The fourth-order valence-corrected chi connectivity index (χ4v) is 3.79. The van der Waals surface area contributed by atoms with Gasteiger partial charge in [-0.05, 0) is 12.0 Å². The Balaban J connectivity index is 1.58. The first-order valence-electron chi connectivity index (χ1n) is 9.44. The van der Waals surface area contributed by atoms with Crippen molar-refractivity contribution in [3.8, 4) is 0 Å². The number of phosphoric acid groups is 1. The van der Waals surface area contributed by atoms with Crippen LogP contribution >= 0.6 is 7.82 Å². The van der Waals surface area contributed by atoms with E-state index < -0.39 is 44.5 Å². The number of hydrogen-bond donors (Lipinski definition) is 5. The first-order chi connectivity index (χ1) is 14.7. The average molecular weight is 452 g/mol. The molecule has 1 aromatic carbocycles. The van der Waals surface area contributed by atoms with E-state index in [1.165, 1.54) is 10.9 Å². The molecule has 3 heterocycles. The lowest BCUT2D eigenvalue weighted by atomic mass is 10.1. The fourth-order valence-electron chi connectivity index (χ4n) is 3.45. The van der Waals surface area contributed by atoms with Crippen molar-refractivity contribution < 1.29 is 33.8 Å². The Labute approximate surface area is 175 Å². The molecule has 0 bridgehead atoms. The number of nitrogens with zero attached hydrogens (tertiary/aromatic N) is 3. The Morgan fingerprint density at radius 1 is 1.16 bits per heavy atom. The number of phosphoric ester groups is 1. The number of H-pyrrole nitrogens is 1. The minimum Gasteiger partial charge on any atom is -0.387 e. The third-order valence-corrected chi connectivity index (χ3v) is 5.48. The highest BCUT2D eigenvalue weighted by atomic mass is 31.2. The predicted octanol–water partition coefficient (Wildman–Crippen LogP) is -0.367. The van der Waals surface area contributed by atoms with Gasteiger partial charge in [0, 0.05) is 6.42 Å². The van der Waals surface area contributed by atoms with Crippen molar-refractivity contribution in [1.82, 2.24) is 19.5 Å². The van der Waals surface area contributed by atoms with Crippen molar-refractivity contribution in [3.05, 3.63) is 58.4 Å². The van der Waals surface area contributed by atoms with Crippen LogP contribution in [0.5, 0.6) is 0 Å². The normalized spacial score (nSPS) is 24.1. The quantitative estimate of drug-likeness (QED) is 0.297. The number of aromatic amines is 1. The number of aliphatic hydroxyl groups is 2. The maximum atomic E-state index is 12.4. The van der Waals surface area contributed by atoms with Crippen molar-refractivity contribution in [2.75, 3.05) is 6.61 Å². The number of benzene rings is 1. The number of ether oxygens (including phenoxy) is 1. The van der Waals surface area contributed by atoms with Crippen LogP contribution in [0.15, 0.2) is 41.5 Å². The summed E-state index contributed by atoms with van der Waals surface area (Å²) in [4.78, 5) is 41.3. The summed E-state index contributed by atoms with van der Waals surface area (Å²) in [7, 11) is -4.78. The largest absolute Gasteiger partial charge is 0.469 e. The van der Waals surface area contributed by atoms with Crippen molar-refractivity contribution in [2.24, 2.45) is 0 Å². The fraction of sp³-hybridized carbons (Fsp3) is 0.389. The SMILES string of the molecule is O=c1[nH]c(CCc2ccccc2)nc2c1ncn2C1OC(COP(=O)(O)O)C(O)C1O. The molecule has 4 rings (SSSR count). The summed E-state index contributed by atoms with van der Waals surface area (Å²) in [5.74, 6) is 0.414. The van der Waals surface area contributed by atoms with Crippen LogP contribution in [0.4, 0.5) is 0 Å². The van der Waals surface area contributed by atoms with E-state index in [1.807, 2.05) is 30.3 Å².